The van der Waals surface area contributed by atoms with Crippen LogP contribution in [0.3, 0.4) is 0 Å². The summed E-state index contributed by atoms with van der Waals surface area (Å²) in [4.78, 5) is 20.7. The van der Waals surface area contributed by atoms with E-state index >= 15 is 0 Å². The number of para-hydroxylation sites is 1. The highest BCUT2D eigenvalue weighted by Crippen LogP contribution is 2.20. The van der Waals surface area contributed by atoms with Crippen molar-refractivity contribution in [2.24, 2.45) is 0 Å². The highest BCUT2D eigenvalue weighted by molar-refractivity contribution is 5.85. The molecule has 0 fully saturated rings. The van der Waals surface area contributed by atoms with Crippen LogP contribution in [0.5, 0.6) is 0 Å². The van der Waals surface area contributed by atoms with Gasteiger partial charge in [-0.1, -0.05) is 54.6 Å². The minimum atomic E-state index is -0.345. The molecule has 0 saturated heterocycles. The van der Waals surface area contributed by atoms with Crippen molar-refractivity contribution >= 4 is 16.9 Å². The molecule has 0 radical (unpaired) electrons. The molecule has 0 unspecified atom stereocenters. The van der Waals surface area contributed by atoms with Crippen LogP contribution in [0.4, 0.5) is 0 Å². The van der Waals surface area contributed by atoms with Gasteiger partial charge in [0.1, 0.15) is 0 Å². The van der Waals surface area contributed by atoms with Crippen LogP contribution >= 0.6 is 0 Å². The van der Waals surface area contributed by atoms with E-state index in [2.05, 4.69) is 9.97 Å². The van der Waals surface area contributed by atoms with Crippen LogP contribution in [0.2, 0.25) is 0 Å². The Kier molecular flexibility index (Phi) is 4.43. The van der Waals surface area contributed by atoms with Crippen LogP contribution < -0.4 is 0 Å². The second kappa shape index (κ2) is 7.19. The van der Waals surface area contributed by atoms with E-state index in [9.17, 15) is 4.79 Å². The number of carbonyl (C=O) groups is 1. The van der Waals surface area contributed by atoms with Crippen LogP contribution in [0.1, 0.15) is 11.5 Å². The number of aromatic nitrogens is 2. The molecule has 5 nitrogen and oxygen atoms in total. The molecule has 0 spiro atoms. The van der Waals surface area contributed by atoms with E-state index in [1.165, 1.54) is 0 Å². The summed E-state index contributed by atoms with van der Waals surface area (Å²) in [5.41, 5.74) is 2.58. The standard InChI is InChI=1S/C21H16N2O3/c24-20(12-17-9-4-8-16-10-5-11-22-21(16)17)25-14-19-23-13-18(26-19)15-6-2-1-3-7-15/h1-11,13H,12,14H2. The summed E-state index contributed by atoms with van der Waals surface area (Å²) in [6.45, 7) is 0.00383. The Labute approximate surface area is 150 Å². The average Bonchev–Trinajstić information content (AvgIpc) is 3.17. The summed E-state index contributed by atoms with van der Waals surface area (Å²) in [6, 6.07) is 19.3. The van der Waals surface area contributed by atoms with Crippen molar-refractivity contribution in [3.8, 4) is 11.3 Å². The highest BCUT2D eigenvalue weighted by atomic mass is 16.5. The first kappa shape index (κ1) is 16.0. The second-order valence-corrected chi connectivity index (χ2v) is 5.81. The Bertz CT molecular complexity index is 1040. The van der Waals surface area contributed by atoms with Gasteiger partial charge in [0, 0.05) is 17.1 Å². The van der Waals surface area contributed by atoms with Gasteiger partial charge in [0.05, 0.1) is 18.1 Å². The van der Waals surface area contributed by atoms with Crippen molar-refractivity contribution in [2.75, 3.05) is 0 Å². The van der Waals surface area contributed by atoms with Crippen molar-refractivity contribution in [3.05, 3.63) is 84.5 Å². The van der Waals surface area contributed by atoms with Crippen LogP contribution in [-0.4, -0.2) is 15.9 Å². The Morgan fingerprint density at radius 1 is 0.962 bits per heavy atom. The number of fused-ring (bicyclic) bond motifs is 1. The fraction of sp³-hybridized carbons (Fsp3) is 0.0952. The molecule has 0 N–H and O–H groups in total. The molecule has 0 bridgehead atoms. The van der Waals surface area contributed by atoms with Crippen LogP contribution in [0.25, 0.3) is 22.2 Å². The second-order valence-electron chi connectivity index (χ2n) is 5.81. The first-order chi connectivity index (χ1) is 12.8. The first-order valence-electron chi connectivity index (χ1n) is 8.28. The molecule has 0 aliphatic heterocycles. The summed E-state index contributed by atoms with van der Waals surface area (Å²) < 4.78 is 10.9. The quantitative estimate of drug-likeness (QED) is 0.508. The van der Waals surface area contributed by atoms with Crippen LogP contribution in [0.15, 0.2) is 77.5 Å². The minimum Gasteiger partial charge on any atom is -0.455 e. The third kappa shape index (κ3) is 3.47. The lowest BCUT2D eigenvalue weighted by atomic mass is 10.1. The van der Waals surface area contributed by atoms with E-state index < -0.39 is 0 Å². The minimum absolute atomic E-state index is 0.00383. The zero-order valence-corrected chi connectivity index (χ0v) is 14.0. The summed E-state index contributed by atoms with van der Waals surface area (Å²) in [6.07, 6.45) is 3.50. The Hall–Kier alpha value is -3.47. The lowest BCUT2D eigenvalue weighted by molar-refractivity contribution is -0.144. The number of pyridine rings is 1. The molecule has 4 rings (SSSR count). The van der Waals surface area contributed by atoms with E-state index in [0.29, 0.717) is 11.7 Å². The molecular weight excluding hydrogens is 328 g/mol. The van der Waals surface area contributed by atoms with Crippen molar-refractivity contribution in [1.29, 1.82) is 0 Å². The fourth-order valence-electron chi connectivity index (χ4n) is 2.77. The Morgan fingerprint density at radius 3 is 2.69 bits per heavy atom. The topological polar surface area (TPSA) is 65.2 Å². The molecule has 0 atom stereocenters. The van der Waals surface area contributed by atoms with E-state index in [4.69, 9.17) is 9.15 Å². The van der Waals surface area contributed by atoms with Gasteiger partial charge in [0.15, 0.2) is 12.4 Å². The number of ether oxygens (including phenoxy) is 1. The zero-order chi connectivity index (χ0) is 17.8. The molecule has 26 heavy (non-hydrogen) atoms. The van der Waals surface area contributed by atoms with E-state index in [-0.39, 0.29) is 19.0 Å². The highest BCUT2D eigenvalue weighted by Gasteiger charge is 2.12. The summed E-state index contributed by atoms with van der Waals surface area (Å²) in [5, 5.41) is 0.998. The lowest BCUT2D eigenvalue weighted by Gasteiger charge is -2.05. The number of benzene rings is 2. The lowest BCUT2D eigenvalue weighted by Crippen LogP contribution is -2.08. The first-order valence-corrected chi connectivity index (χ1v) is 8.28. The Balaban J connectivity index is 1.41. The third-order valence-electron chi connectivity index (χ3n) is 4.02. The largest absolute Gasteiger partial charge is 0.455 e. The van der Waals surface area contributed by atoms with Crippen molar-refractivity contribution in [1.82, 2.24) is 9.97 Å². The Morgan fingerprint density at radius 2 is 1.81 bits per heavy atom. The third-order valence-corrected chi connectivity index (χ3v) is 4.02. The average molecular weight is 344 g/mol. The van der Waals surface area contributed by atoms with E-state index in [0.717, 1.165) is 22.0 Å². The number of nitrogens with zero attached hydrogens (tertiary/aromatic N) is 2. The normalized spacial score (nSPS) is 10.8. The van der Waals surface area contributed by atoms with Crippen LogP contribution in [0, 0.1) is 0 Å². The van der Waals surface area contributed by atoms with Gasteiger partial charge in [-0.2, -0.15) is 0 Å². The van der Waals surface area contributed by atoms with Gasteiger partial charge >= 0.3 is 5.97 Å². The number of carbonyl (C=O) groups excluding carboxylic acids is 1. The fourth-order valence-corrected chi connectivity index (χ4v) is 2.77. The van der Waals surface area contributed by atoms with Gasteiger partial charge < -0.3 is 9.15 Å². The van der Waals surface area contributed by atoms with E-state index in [1.807, 2.05) is 60.7 Å². The molecule has 4 aromatic rings. The molecule has 0 amide bonds. The predicted octanol–water partition coefficient (Wildman–Crippen LogP) is 4.18. The SMILES string of the molecule is O=C(Cc1cccc2cccnc12)OCc1ncc(-c2ccccc2)o1. The van der Waals surface area contributed by atoms with Gasteiger partial charge in [0.25, 0.3) is 0 Å². The molecule has 128 valence electrons. The summed E-state index contributed by atoms with van der Waals surface area (Å²) in [5.74, 6) is 0.672. The number of oxazole rings is 1. The van der Waals surface area contributed by atoms with Gasteiger partial charge in [-0.15, -0.1) is 0 Å². The molecule has 2 heterocycles. The maximum absolute atomic E-state index is 12.2. The number of esters is 1. The van der Waals surface area contributed by atoms with Crippen molar-refractivity contribution in [3.63, 3.8) is 0 Å². The number of hydrogen-bond acceptors (Lipinski definition) is 5. The van der Waals surface area contributed by atoms with E-state index in [1.54, 1.807) is 12.4 Å². The smallest absolute Gasteiger partial charge is 0.310 e. The monoisotopic (exact) mass is 344 g/mol. The van der Waals surface area contributed by atoms with Gasteiger partial charge in [-0.25, -0.2) is 4.98 Å². The van der Waals surface area contributed by atoms with Gasteiger partial charge in [-0.3, -0.25) is 9.78 Å². The zero-order valence-electron chi connectivity index (χ0n) is 14.0. The summed E-state index contributed by atoms with van der Waals surface area (Å²) in [7, 11) is 0. The van der Waals surface area contributed by atoms with Crippen molar-refractivity contribution in [2.45, 2.75) is 13.0 Å². The molecule has 0 aliphatic carbocycles. The maximum Gasteiger partial charge on any atom is 0.310 e. The molecule has 0 saturated carbocycles. The molecule has 2 aromatic carbocycles. The molecule has 5 heteroatoms. The molecular formula is C21H16N2O3. The van der Waals surface area contributed by atoms with Gasteiger partial charge in [0.2, 0.25) is 5.89 Å². The number of rotatable bonds is 5. The molecule has 0 aliphatic rings. The van der Waals surface area contributed by atoms with Crippen molar-refractivity contribution < 1.29 is 13.9 Å². The maximum atomic E-state index is 12.2. The molecule has 2 aromatic heterocycles. The summed E-state index contributed by atoms with van der Waals surface area (Å²) >= 11 is 0. The van der Waals surface area contributed by atoms with Crippen LogP contribution in [-0.2, 0) is 22.6 Å². The number of hydrogen-bond donors (Lipinski definition) is 0. The predicted molar refractivity (Wildman–Crippen MR) is 97.2 cm³/mol. The van der Waals surface area contributed by atoms with Gasteiger partial charge in [-0.05, 0) is 11.6 Å².